The van der Waals surface area contributed by atoms with Crippen LogP contribution in [0, 0.1) is 0 Å². The third-order valence-corrected chi connectivity index (χ3v) is 4.90. The topological polar surface area (TPSA) is 15.3 Å². The third kappa shape index (κ3) is 3.09. The van der Waals surface area contributed by atoms with Gasteiger partial charge in [0.05, 0.1) is 0 Å². The monoisotopic (exact) mass is 252 g/mol. The van der Waals surface area contributed by atoms with Gasteiger partial charge in [-0.15, -0.1) is 11.3 Å². The van der Waals surface area contributed by atoms with Gasteiger partial charge in [-0.2, -0.15) is 0 Å². The van der Waals surface area contributed by atoms with Crippen molar-refractivity contribution < 1.29 is 0 Å². The molecule has 2 heterocycles. The van der Waals surface area contributed by atoms with E-state index in [1.54, 1.807) is 0 Å². The first-order valence-electron chi connectivity index (χ1n) is 6.72. The second-order valence-electron chi connectivity index (χ2n) is 5.06. The van der Waals surface area contributed by atoms with E-state index in [-0.39, 0.29) is 0 Å². The van der Waals surface area contributed by atoms with E-state index in [0.717, 1.165) is 25.2 Å². The number of hydrogen-bond acceptors (Lipinski definition) is 3. The van der Waals surface area contributed by atoms with Crippen LogP contribution in [0.1, 0.15) is 42.9 Å². The van der Waals surface area contributed by atoms with Crippen molar-refractivity contribution in [2.75, 3.05) is 7.05 Å². The largest absolute Gasteiger partial charge is 0.315 e. The summed E-state index contributed by atoms with van der Waals surface area (Å²) in [5, 5.41) is 3.22. The fourth-order valence-electron chi connectivity index (χ4n) is 2.81. The lowest BCUT2D eigenvalue weighted by Gasteiger charge is -2.27. The molecule has 0 aromatic carbocycles. The van der Waals surface area contributed by atoms with Gasteiger partial charge in [-0.05, 0) is 45.4 Å². The molecule has 1 saturated heterocycles. The minimum atomic E-state index is 0.759. The number of rotatable bonds is 5. The molecule has 0 spiro atoms. The van der Waals surface area contributed by atoms with Gasteiger partial charge >= 0.3 is 0 Å². The van der Waals surface area contributed by atoms with Crippen molar-refractivity contribution in [1.82, 2.24) is 10.2 Å². The molecule has 3 heteroatoms. The maximum Gasteiger partial charge on any atom is 0.0333 e. The lowest BCUT2D eigenvalue weighted by molar-refractivity contribution is 0.191. The predicted octanol–water partition coefficient (Wildman–Crippen LogP) is 3.23. The Labute approximate surface area is 109 Å². The molecule has 0 radical (unpaired) electrons. The van der Waals surface area contributed by atoms with Gasteiger partial charge < -0.3 is 5.32 Å². The summed E-state index contributed by atoms with van der Waals surface area (Å²) in [6.45, 7) is 6.83. The number of likely N-dealkylation sites (tertiary alicyclic amines) is 1. The van der Waals surface area contributed by atoms with Crippen molar-refractivity contribution >= 4 is 11.3 Å². The van der Waals surface area contributed by atoms with Gasteiger partial charge in [0.25, 0.3) is 0 Å². The molecule has 1 aromatic rings. The summed E-state index contributed by atoms with van der Waals surface area (Å²) >= 11 is 1.95. The molecule has 1 fully saturated rings. The van der Waals surface area contributed by atoms with Crippen LogP contribution < -0.4 is 5.32 Å². The van der Waals surface area contributed by atoms with Crippen LogP contribution in [0.15, 0.2) is 12.1 Å². The second-order valence-corrected chi connectivity index (χ2v) is 6.31. The van der Waals surface area contributed by atoms with E-state index in [4.69, 9.17) is 0 Å². The lowest BCUT2D eigenvalue weighted by Crippen LogP contribution is -2.33. The first-order valence-corrected chi connectivity index (χ1v) is 7.54. The molecule has 0 saturated carbocycles. The van der Waals surface area contributed by atoms with Crippen molar-refractivity contribution in [3.8, 4) is 0 Å². The number of nitrogens with one attached hydrogen (secondary N) is 1. The average Bonchev–Trinajstić information content (AvgIpc) is 2.89. The summed E-state index contributed by atoms with van der Waals surface area (Å²) in [5.74, 6) is 0. The fraction of sp³-hybridized carbons (Fsp3) is 0.714. The van der Waals surface area contributed by atoms with E-state index in [1.807, 2.05) is 18.4 Å². The maximum absolute atomic E-state index is 3.22. The molecule has 2 rings (SSSR count). The molecular formula is C14H24N2S. The van der Waals surface area contributed by atoms with Crippen molar-refractivity contribution in [2.24, 2.45) is 0 Å². The van der Waals surface area contributed by atoms with Gasteiger partial charge in [-0.25, -0.2) is 0 Å². The van der Waals surface area contributed by atoms with Gasteiger partial charge in [-0.1, -0.05) is 6.92 Å². The van der Waals surface area contributed by atoms with E-state index in [2.05, 4.69) is 36.2 Å². The standard InChI is InChI=1S/C14H24N2S/c1-4-12-6-5-11(2)16(12)10-14-8-7-13(17-14)9-15-3/h7-8,11-12,15H,4-6,9-10H2,1-3H3. The van der Waals surface area contributed by atoms with Crippen LogP contribution in [0.2, 0.25) is 0 Å². The second kappa shape index (κ2) is 5.98. The first kappa shape index (κ1) is 13.1. The molecule has 2 unspecified atom stereocenters. The fourth-order valence-corrected chi connectivity index (χ4v) is 3.84. The smallest absolute Gasteiger partial charge is 0.0333 e. The SMILES string of the molecule is CCC1CCC(C)N1Cc1ccc(CNC)s1. The molecule has 0 bridgehead atoms. The molecule has 96 valence electrons. The molecule has 2 nitrogen and oxygen atoms in total. The zero-order chi connectivity index (χ0) is 12.3. The number of hydrogen-bond donors (Lipinski definition) is 1. The predicted molar refractivity (Wildman–Crippen MR) is 75.4 cm³/mol. The summed E-state index contributed by atoms with van der Waals surface area (Å²) in [4.78, 5) is 5.65. The van der Waals surface area contributed by atoms with Crippen LogP contribution >= 0.6 is 11.3 Å². The van der Waals surface area contributed by atoms with E-state index in [1.165, 1.54) is 29.0 Å². The molecule has 1 aliphatic rings. The van der Waals surface area contributed by atoms with E-state index >= 15 is 0 Å². The van der Waals surface area contributed by atoms with Crippen LogP contribution in [0.25, 0.3) is 0 Å². The van der Waals surface area contributed by atoms with Gasteiger partial charge in [0, 0.05) is 34.9 Å². The zero-order valence-corrected chi connectivity index (χ0v) is 12.0. The quantitative estimate of drug-likeness (QED) is 0.865. The molecule has 17 heavy (non-hydrogen) atoms. The molecule has 0 aliphatic carbocycles. The highest BCUT2D eigenvalue weighted by Crippen LogP contribution is 2.29. The van der Waals surface area contributed by atoms with Crippen LogP contribution in [-0.4, -0.2) is 24.0 Å². The lowest BCUT2D eigenvalue weighted by atomic mass is 10.1. The van der Waals surface area contributed by atoms with Gasteiger partial charge in [-0.3, -0.25) is 4.90 Å². The number of thiophene rings is 1. The maximum atomic E-state index is 3.22. The third-order valence-electron chi connectivity index (χ3n) is 3.83. The molecular weight excluding hydrogens is 228 g/mol. The molecule has 1 aliphatic heterocycles. The molecule has 1 N–H and O–H groups in total. The normalized spacial score (nSPS) is 25.6. The van der Waals surface area contributed by atoms with E-state index in [9.17, 15) is 0 Å². The Balaban J connectivity index is 1.98. The highest BCUT2D eigenvalue weighted by molar-refractivity contribution is 7.11. The van der Waals surface area contributed by atoms with Gasteiger partial charge in [0.2, 0.25) is 0 Å². The summed E-state index contributed by atoms with van der Waals surface area (Å²) < 4.78 is 0. The average molecular weight is 252 g/mol. The van der Waals surface area contributed by atoms with Gasteiger partial charge in [0.15, 0.2) is 0 Å². The Kier molecular flexibility index (Phi) is 4.60. The van der Waals surface area contributed by atoms with Gasteiger partial charge in [0.1, 0.15) is 0 Å². The minimum absolute atomic E-state index is 0.759. The Bertz CT molecular complexity index is 348. The summed E-state index contributed by atoms with van der Waals surface area (Å²) in [7, 11) is 2.01. The zero-order valence-electron chi connectivity index (χ0n) is 11.2. The Hall–Kier alpha value is -0.380. The molecule has 0 amide bonds. The Morgan fingerprint density at radius 2 is 2.12 bits per heavy atom. The highest BCUT2D eigenvalue weighted by Gasteiger charge is 2.29. The van der Waals surface area contributed by atoms with Crippen molar-refractivity contribution in [3.63, 3.8) is 0 Å². The van der Waals surface area contributed by atoms with Crippen LogP contribution in [-0.2, 0) is 13.1 Å². The minimum Gasteiger partial charge on any atom is -0.315 e. The van der Waals surface area contributed by atoms with Crippen LogP contribution in [0.4, 0.5) is 0 Å². The molecule has 1 aromatic heterocycles. The van der Waals surface area contributed by atoms with E-state index in [0.29, 0.717) is 0 Å². The van der Waals surface area contributed by atoms with Crippen molar-refractivity contribution in [1.29, 1.82) is 0 Å². The van der Waals surface area contributed by atoms with Crippen molar-refractivity contribution in [2.45, 2.75) is 58.3 Å². The first-order chi connectivity index (χ1) is 8.24. The Morgan fingerprint density at radius 1 is 1.35 bits per heavy atom. The molecule has 2 atom stereocenters. The van der Waals surface area contributed by atoms with Crippen molar-refractivity contribution in [3.05, 3.63) is 21.9 Å². The van der Waals surface area contributed by atoms with Crippen LogP contribution in [0.3, 0.4) is 0 Å². The van der Waals surface area contributed by atoms with E-state index < -0.39 is 0 Å². The van der Waals surface area contributed by atoms with Crippen LogP contribution in [0.5, 0.6) is 0 Å². The summed E-state index contributed by atoms with van der Waals surface area (Å²) in [5.41, 5.74) is 0. The summed E-state index contributed by atoms with van der Waals surface area (Å²) in [6.07, 6.45) is 4.04. The number of nitrogens with zero attached hydrogens (tertiary/aromatic N) is 1. The summed E-state index contributed by atoms with van der Waals surface area (Å²) in [6, 6.07) is 6.13. The Morgan fingerprint density at radius 3 is 2.82 bits per heavy atom. The highest BCUT2D eigenvalue weighted by atomic mass is 32.1.